The van der Waals surface area contributed by atoms with Crippen molar-refractivity contribution in [1.82, 2.24) is 9.62 Å². The minimum absolute atomic E-state index is 0.0261. The summed E-state index contributed by atoms with van der Waals surface area (Å²) >= 11 is 0. The molecule has 1 aliphatic heterocycles. The van der Waals surface area contributed by atoms with Crippen molar-refractivity contribution in [3.8, 4) is 11.5 Å². The highest BCUT2D eigenvalue weighted by atomic mass is 32.2. The number of carbonyl (C=O) groups is 1. The van der Waals surface area contributed by atoms with E-state index in [0.29, 0.717) is 24.3 Å². The van der Waals surface area contributed by atoms with Gasteiger partial charge in [-0.15, -0.1) is 0 Å². The van der Waals surface area contributed by atoms with Crippen LogP contribution in [0.2, 0.25) is 0 Å². The normalized spacial score (nSPS) is 16.1. The first-order valence-corrected chi connectivity index (χ1v) is 12.8. The summed E-state index contributed by atoms with van der Waals surface area (Å²) < 4.78 is 46.5. The van der Waals surface area contributed by atoms with Crippen molar-refractivity contribution in [1.29, 1.82) is 0 Å². The molecule has 0 aromatic heterocycles. The summed E-state index contributed by atoms with van der Waals surface area (Å²) in [5, 5.41) is 2.85. The van der Waals surface area contributed by atoms with Crippen molar-refractivity contribution < 1.29 is 22.3 Å². The monoisotopic (exact) mass is 497 g/mol. The van der Waals surface area contributed by atoms with Crippen molar-refractivity contribution in [3.05, 3.63) is 84.2 Å². The zero-order valence-electron chi connectivity index (χ0n) is 19.6. The highest BCUT2D eigenvalue weighted by molar-refractivity contribution is 7.89. The number of sulfonamides is 1. The molecule has 1 aliphatic rings. The second kappa shape index (κ2) is 10.5. The van der Waals surface area contributed by atoms with Gasteiger partial charge >= 0.3 is 0 Å². The molecule has 0 unspecified atom stereocenters. The van der Waals surface area contributed by atoms with Gasteiger partial charge in [0, 0.05) is 38.9 Å². The highest BCUT2D eigenvalue weighted by Gasteiger charge is 2.39. The predicted molar refractivity (Wildman–Crippen MR) is 132 cm³/mol. The van der Waals surface area contributed by atoms with Gasteiger partial charge in [0.1, 0.15) is 23.4 Å². The van der Waals surface area contributed by atoms with Crippen LogP contribution in [0.3, 0.4) is 0 Å². The molecule has 1 fully saturated rings. The summed E-state index contributed by atoms with van der Waals surface area (Å²) in [5.74, 6) is 0.452. The molecule has 35 heavy (non-hydrogen) atoms. The molecule has 7 nitrogen and oxygen atoms in total. The van der Waals surface area contributed by atoms with Gasteiger partial charge in [-0.3, -0.25) is 4.79 Å². The number of rotatable bonds is 8. The number of halogens is 1. The summed E-state index contributed by atoms with van der Waals surface area (Å²) in [7, 11) is 0.0130. The molecule has 1 N–H and O–H groups in total. The highest BCUT2D eigenvalue weighted by Crippen LogP contribution is 2.28. The fourth-order valence-corrected chi connectivity index (χ4v) is 5.68. The van der Waals surface area contributed by atoms with E-state index in [2.05, 4.69) is 5.32 Å². The van der Waals surface area contributed by atoms with Gasteiger partial charge in [-0.1, -0.05) is 18.2 Å². The molecule has 1 heterocycles. The molecular formula is C26H28FN3O4S. The van der Waals surface area contributed by atoms with Crippen LogP contribution in [-0.4, -0.2) is 45.3 Å². The minimum Gasteiger partial charge on any atom is -0.457 e. The third-order valence-corrected chi connectivity index (χ3v) is 7.78. The van der Waals surface area contributed by atoms with Crippen LogP contribution >= 0.6 is 0 Å². The van der Waals surface area contributed by atoms with Gasteiger partial charge < -0.3 is 15.0 Å². The predicted octanol–water partition coefficient (Wildman–Crippen LogP) is 4.15. The maximum Gasteiger partial charge on any atom is 0.243 e. The molecule has 184 valence electrons. The van der Waals surface area contributed by atoms with Crippen LogP contribution in [0.4, 0.5) is 10.1 Å². The first-order chi connectivity index (χ1) is 16.7. The number of hydrogen-bond donors (Lipinski definition) is 1. The number of hydrogen-bond acceptors (Lipinski definition) is 5. The van der Waals surface area contributed by atoms with Crippen LogP contribution in [0.15, 0.2) is 77.7 Å². The van der Waals surface area contributed by atoms with E-state index in [-0.39, 0.29) is 23.9 Å². The van der Waals surface area contributed by atoms with Crippen LogP contribution in [0, 0.1) is 5.82 Å². The molecule has 0 saturated carbocycles. The standard InChI is InChI=1S/C26H28FN3O4S/c1-29(2)21-7-4-9-23(17-21)34-22-8-3-6-19(16-22)18-28-26(31)25-10-5-15-30(25)35(32,33)24-13-11-20(27)12-14-24/h3-4,6-9,11-14,16-17,25H,5,10,15,18H2,1-2H3,(H,28,31)/t25-/m0/s1. The van der Waals surface area contributed by atoms with Gasteiger partial charge in [-0.25, -0.2) is 12.8 Å². The average Bonchev–Trinajstić information content (AvgIpc) is 3.34. The Bertz CT molecular complexity index is 1300. The molecule has 1 amide bonds. The SMILES string of the molecule is CN(C)c1cccc(Oc2cccc(CNC(=O)[C@@H]3CCCN3S(=O)(=O)c3ccc(F)cc3)c2)c1. The Morgan fingerprint density at radius 3 is 2.46 bits per heavy atom. The third-order valence-electron chi connectivity index (χ3n) is 5.86. The van der Waals surface area contributed by atoms with E-state index >= 15 is 0 Å². The quantitative estimate of drug-likeness (QED) is 0.506. The molecule has 3 aromatic rings. The van der Waals surface area contributed by atoms with Crippen LogP contribution < -0.4 is 15.0 Å². The maximum atomic E-state index is 13.2. The number of amides is 1. The second-order valence-electron chi connectivity index (χ2n) is 8.59. The zero-order chi connectivity index (χ0) is 25.0. The average molecular weight is 498 g/mol. The summed E-state index contributed by atoms with van der Waals surface area (Å²) in [6.07, 6.45) is 1.01. The van der Waals surface area contributed by atoms with Crippen LogP contribution in [-0.2, 0) is 21.4 Å². The van der Waals surface area contributed by atoms with E-state index in [0.717, 1.165) is 23.4 Å². The lowest BCUT2D eigenvalue weighted by Crippen LogP contribution is -2.45. The number of nitrogens with one attached hydrogen (secondary N) is 1. The topological polar surface area (TPSA) is 79.0 Å². The van der Waals surface area contributed by atoms with Crippen LogP contribution in [0.5, 0.6) is 11.5 Å². The lowest BCUT2D eigenvalue weighted by Gasteiger charge is -2.23. The lowest BCUT2D eigenvalue weighted by atomic mass is 10.2. The Balaban J connectivity index is 1.41. The Kier molecular flexibility index (Phi) is 7.37. The van der Waals surface area contributed by atoms with Crippen LogP contribution in [0.25, 0.3) is 0 Å². The smallest absolute Gasteiger partial charge is 0.243 e. The number of benzene rings is 3. The molecule has 9 heteroatoms. The number of anilines is 1. The van der Waals surface area contributed by atoms with Gasteiger partial charge in [0.15, 0.2) is 0 Å². The van der Waals surface area contributed by atoms with Crippen molar-refractivity contribution in [2.24, 2.45) is 0 Å². The third kappa shape index (κ3) is 5.80. The van der Waals surface area contributed by atoms with E-state index in [9.17, 15) is 17.6 Å². The largest absolute Gasteiger partial charge is 0.457 e. The van der Waals surface area contributed by atoms with E-state index < -0.39 is 21.9 Å². The Hall–Kier alpha value is -3.43. The van der Waals surface area contributed by atoms with Crippen molar-refractivity contribution in [2.45, 2.75) is 30.3 Å². The summed E-state index contributed by atoms with van der Waals surface area (Å²) in [6, 6.07) is 18.9. The Labute approximate surface area is 205 Å². The molecule has 0 spiro atoms. The van der Waals surface area contributed by atoms with Gasteiger partial charge in [0.25, 0.3) is 0 Å². The summed E-state index contributed by atoms with van der Waals surface area (Å²) in [6.45, 7) is 0.474. The summed E-state index contributed by atoms with van der Waals surface area (Å²) in [4.78, 5) is 14.9. The molecular weight excluding hydrogens is 469 g/mol. The fourth-order valence-electron chi connectivity index (χ4n) is 4.02. The second-order valence-corrected chi connectivity index (χ2v) is 10.5. The number of nitrogens with zero attached hydrogens (tertiary/aromatic N) is 2. The maximum absolute atomic E-state index is 13.2. The first kappa shape index (κ1) is 24.7. The first-order valence-electron chi connectivity index (χ1n) is 11.3. The van der Waals surface area contributed by atoms with Crippen molar-refractivity contribution >= 4 is 21.6 Å². The van der Waals surface area contributed by atoms with E-state index in [1.165, 1.54) is 16.4 Å². The Morgan fingerprint density at radius 2 is 1.74 bits per heavy atom. The van der Waals surface area contributed by atoms with Gasteiger partial charge in [0.2, 0.25) is 15.9 Å². The van der Waals surface area contributed by atoms with Crippen molar-refractivity contribution in [3.63, 3.8) is 0 Å². The molecule has 3 aromatic carbocycles. The lowest BCUT2D eigenvalue weighted by molar-refractivity contribution is -0.124. The summed E-state index contributed by atoms with van der Waals surface area (Å²) in [5.41, 5.74) is 1.84. The number of ether oxygens (including phenoxy) is 1. The van der Waals surface area contributed by atoms with Crippen LogP contribution in [0.1, 0.15) is 18.4 Å². The Morgan fingerprint density at radius 1 is 1.06 bits per heavy atom. The fraction of sp³-hybridized carbons (Fsp3) is 0.269. The van der Waals surface area contributed by atoms with E-state index in [4.69, 9.17) is 4.74 Å². The van der Waals surface area contributed by atoms with Crippen molar-refractivity contribution in [2.75, 3.05) is 25.5 Å². The number of carbonyl (C=O) groups excluding carboxylic acids is 1. The molecule has 1 atom stereocenters. The van der Waals surface area contributed by atoms with Gasteiger partial charge in [-0.2, -0.15) is 4.31 Å². The van der Waals surface area contributed by atoms with E-state index in [1.807, 2.05) is 67.5 Å². The molecule has 1 saturated heterocycles. The molecule has 4 rings (SSSR count). The minimum atomic E-state index is -3.90. The molecule has 0 radical (unpaired) electrons. The van der Waals surface area contributed by atoms with E-state index in [1.54, 1.807) is 0 Å². The van der Waals surface area contributed by atoms with Gasteiger partial charge in [0.05, 0.1) is 4.90 Å². The molecule has 0 aliphatic carbocycles. The zero-order valence-corrected chi connectivity index (χ0v) is 20.5. The molecule has 0 bridgehead atoms. The van der Waals surface area contributed by atoms with Gasteiger partial charge in [-0.05, 0) is 66.9 Å².